The number of piperidine rings is 2. The summed E-state index contributed by atoms with van der Waals surface area (Å²) in [5.41, 5.74) is 2.88. The number of hydrogen-bond acceptors (Lipinski definition) is 4. The van der Waals surface area contributed by atoms with Crippen LogP contribution in [0.5, 0.6) is 0 Å². The minimum Gasteiger partial charge on any atom is -0.325 e. The first kappa shape index (κ1) is 23.3. The molecule has 0 aromatic heterocycles. The van der Waals surface area contributed by atoms with Gasteiger partial charge in [0.25, 0.3) is 0 Å². The van der Waals surface area contributed by atoms with Gasteiger partial charge in [0.15, 0.2) is 0 Å². The van der Waals surface area contributed by atoms with E-state index < -0.39 is 0 Å². The molecule has 0 spiro atoms. The van der Waals surface area contributed by atoms with Gasteiger partial charge in [-0.2, -0.15) is 0 Å². The quantitative estimate of drug-likeness (QED) is 0.569. The zero-order valence-electron chi connectivity index (χ0n) is 17.7. The van der Waals surface area contributed by atoms with Crippen LogP contribution in [0.4, 0.5) is 0 Å². The van der Waals surface area contributed by atoms with Crippen molar-refractivity contribution >= 4 is 20.1 Å². The predicted octanol–water partition coefficient (Wildman–Crippen LogP) is 4.72. The Labute approximate surface area is 188 Å². The van der Waals surface area contributed by atoms with E-state index in [9.17, 15) is 0 Å². The molecule has 0 unspecified atom stereocenters. The summed E-state index contributed by atoms with van der Waals surface area (Å²) in [5, 5.41) is 4.06. The summed E-state index contributed by atoms with van der Waals surface area (Å²) in [6.45, 7) is 3.88. The van der Waals surface area contributed by atoms with Crippen LogP contribution in [0.15, 0.2) is 60.7 Å². The molecule has 0 N–H and O–H groups in total. The van der Waals surface area contributed by atoms with E-state index in [-0.39, 0.29) is 12.4 Å². The van der Waals surface area contributed by atoms with Crippen LogP contribution in [-0.4, -0.2) is 44.0 Å². The van der Waals surface area contributed by atoms with E-state index >= 15 is 0 Å². The molecule has 2 aliphatic rings. The van der Waals surface area contributed by atoms with E-state index in [0.717, 1.165) is 38.0 Å². The third-order valence-electron chi connectivity index (χ3n) is 6.27. The van der Waals surface area contributed by atoms with Crippen molar-refractivity contribution in [3.05, 3.63) is 71.8 Å². The lowest BCUT2D eigenvalue weighted by atomic mass is 9.91. The Morgan fingerprint density at radius 3 is 1.37 bits per heavy atom. The summed E-state index contributed by atoms with van der Waals surface area (Å²) in [5.74, 6) is 1.50. The van der Waals surface area contributed by atoms with Crippen molar-refractivity contribution in [1.82, 2.24) is 10.1 Å². The predicted molar refractivity (Wildman–Crippen MR) is 124 cm³/mol. The maximum atomic E-state index is 5.75. The fourth-order valence-electron chi connectivity index (χ4n) is 4.47. The summed E-state index contributed by atoms with van der Waals surface area (Å²) in [7, 11) is 1.52. The highest BCUT2D eigenvalue weighted by molar-refractivity contribution is 6.17. The van der Waals surface area contributed by atoms with Gasteiger partial charge in [0.05, 0.1) is 0 Å². The molecule has 0 atom stereocenters. The average molecular weight is 428 g/mol. The zero-order chi connectivity index (χ0) is 19.7. The van der Waals surface area contributed by atoms with Gasteiger partial charge in [0.2, 0.25) is 0 Å². The lowest BCUT2D eigenvalue weighted by Crippen LogP contribution is -2.39. The number of nitrogens with zero attached hydrogens (tertiary/aromatic N) is 2. The van der Waals surface area contributed by atoms with Gasteiger partial charge in [-0.15, -0.1) is 12.4 Å². The Morgan fingerprint density at radius 1 is 0.633 bits per heavy atom. The number of rotatable bonds is 8. The molecule has 0 aliphatic carbocycles. The molecule has 2 heterocycles. The summed E-state index contributed by atoms with van der Waals surface area (Å²) in [6.07, 6.45) is 7.04. The molecule has 2 saturated heterocycles. The Hall–Kier alpha value is -1.37. The second kappa shape index (κ2) is 12.5. The van der Waals surface area contributed by atoms with Gasteiger partial charge < -0.3 is 9.51 Å². The second-order valence-corrected chi connectivity index (χ2v) is 8.43. The number of benzene rings is 2. The van der Waals surface area contributed by atoms with Crippen LogP contribution in [0, 0.1) is 11.8 Å². The topological polar surface area (TPSA) is 24.9 Å². The monoisotopic (exact) mass is 427 g/mol. The van der Waals surface area contributed by atoms with Crippen LogP contribution in [0.1, 0.15) is 36.8 Å². The molecule has 2 aliphatic heterocycles. The van der Waals surface area contributed by atoms with E-state index in [4.69, 9.17) is 9.51 Å². The largest absolute Gasteiger partial charge is 0.525 e. The summed E-state index contributed by atoms with van der Waals surface area (Å²) in [4.78, 5) is 0. The van der Waals surface area contributed by atoms with Gasteiger partial charge in [-0.3, -0.25) is 0 Å². The average Bonchev–Trinajstić information content (AvgIpc) is 2.78. The van der Waals surface area contributed by atoms with Crippen molar-refractivity contribution in [1.29, 1.82) is 0 Å². The maximum Gasteiger partial charge on any atom is 0.525 e. The van der Waals surface area contributed by atoms with Crippen LogP contribution >= 0.6 is 12.4 Å². The smallest absolute Gasteiger partial charge is 0.325 e. The van der Waals surface area contributed by atoms with E-state index in [1.165, 1.54) is 57.3 Å². The third kappa shape index (κ3) is 7.40. The highest BCUT2D eigenvalue weighted by Crippen LogP contribution is 2.23. The normalized spacial score (nSPS) is 19.3. The van der Waals surface area contributed by atoms with Crippen molar-refractivity contribution in [3.8, 4) is 0 Å². The molecule has 4 rings (SSSR count). The van der Waals surface area contributed by atoms with E-state index in [1.807, 2.05) is 10.1 Å². The molecule has 0 saturated carbocycles. The van der Waals surface area contributed by atoms with Gasteiger partial charge in [-0.05, 0) is 61.5 Å². The SMILES string of the molecule is Cl.[B](ON1CCC(Cc2ccccc2)CC1)ON1CCC(Cc2ccccc2)CC1. The highest BCUT2D eigenvalue weighted by atomic mass is 35.5. The molecule has 30 heavy (non-hydrogen) atoms. The van der Waals surface area contributed by atoms with Gasteiger partial charge in [0.1, 0.15) is 0 Å². The minimum atomic E-state index is 0. The number of halogens is 1. The molecule has 0 amide bonds. The van der Waals surface area contributed by atoms with Crippen LogP contribution < -0.4 is 0 Å². The third-order valence-corrected chi connectivity index (χ3v) is 6.27. The zero-order valence-corrected chi connectivity index (χ0v) is 18.5. The van der Waals surface area contributed by atoms with Crippen LogP contribution in [0.2, 0.25) is 0 Å². The second-order valence-electron chi connectivity index (χ2n) is 8.43. The van der Waals surface area contributed by atoms with Crippen molar-refractivity contribution in [2.45, 2.75) is 38.5 Å². The summed E-state index contributed by atoms with van der Waals surface area (Å²) in [6, 6.07) is 21.6. The molecule has 1 radical (unpaired) electrons. The molecule has 2 fully saturated rings. The molecule has 6 heteroatoms. The van der Waals surface area contributed by atoms with E-state index in [1.54, 1.807) is 0 Å². The van der Waals surface area contributed by atoms with Gasteiger partial charge >= 0.3 is 7.69 Å². The summed E-state index contributed by atoms with van der Waals surface area (Å²) >= 11 is 0. The van der Waals surface area contributed by atoms with E-state index in [0.29, 0.717) is 0 Å². The first-order chi connectivity index (χ1) is 14.3. The number of hydrogen-bond donors (Lipinski definition) is 0. The molecule has 0 bridgehead atoms. The lowest BCUT2D eigenvalue weighted by molar-refractivity contribution is -0.145. The van der Waals surface area contributed by atoms with Crippen LogP contribution in [0.25, 0.3) is 0 Å². The Kier molecular flexibility index (Phi) is 9.69. The van der Waals surface area contributed by atoms with Gasteiger partial charge in [-0.1, -0.05) is 60.7 Å². The first-order valence-corrected chi connectivity index (χ1v) is 11.1. The van der Waals surface area contributed by atoms with Crippen LogP contribution in [-0.2, 0) is 22.4 Å². The summed E-state index contributed by atoms with van der Waals surface area (Å²) < 4.78 is 11.5. The fourth-order valence-corrected chi connectivity index (χ4v) is 4.47. The lowest BCUT2D eigenvalue weighted by Gasteiger charge is -2.33. The maximum absolute atomic E-state index is 5.75. The van der Waals surface area contributed by atoms with Crippen LogP contribution in [0.3, 0.4) is 0 Å². The Morgan fingerprint density at radius 2 is 1.00 bits per heavy atom. The van der Waals surface area contributed by atoms with Crippen molar-refractivity contribution in [3.63, 3.8) is 0 Å². The molecule has 2 aromatic rings. The van der Waals surface area contributed by atoms with Crippen molar-refractivity contribution in [2.24, 2.45) is 11.8 Å². The Bertz CT molecular complexity index is 644. The molecular weight excluding hydrogens is 395 g/mol. The fraction of sp³-hybridized carbons (Fsp3) is 0.500. The first-order valence-electron chi connectivity index (χ1n) is 11.1. The molecule has 2 aromatic carbocycles. The molecule has 4 nitrogen and oxygen atoms in total. The van der Waals surface area contributed by atoms with Crippen molar-refractivity contribution in [2.75, 3.05) is 26.2 Å². The molecule has 161 valence electrons. The van der Waals surface area contributed by atoms with E-state index in [2.05, 4.69) is 60.7 Å². The Balaban J connectivity index is 0.00000256. The standard InChI is InChI=1S/C24H32BN2O2.ClH/c1-3-7-21(8-4-1)19-23-11-15-26(16-12-23)28-25-29-27-17-13-24(14-18-27)20-22-9-5-2-6-10-22;/h1-10,23-24H,11-20H2;1H. The highest BCUT2D eigenvalue weighted by Gasteiger charge is 2.23. The number of hydroxylamine groups is 4. The van der Waals surface area contributed by atoms with Gasteiger partial charge in [-0.25, -0.2) is 10.1 Å². The molecular formula is C24H33BClN2O2. The van der Waals surface area contributed by atoms with Gasteiger partial charge in [0, 0.05) is 26.2 Å². The minimum absolute atomic E-state index is 0. The van der Waals surface area contributed by atoms with Crippen molar-refractivity contribution < 1.29 is 9.51 Å².